The van der Waals surface area contributed by atoms with E-state index in [1.54, 1.807) is 36.4 Å². The minimum Gasteiger partial charge on any atom is -0.497 e. The highest BCUT2D eigenvalue weighted by Crippen LogP contribution is 2.22. The zero-order valence-electron chi connectivity index (χ0n) is 34.1. The zero-order chi connectivity index (χ0) is 42.7. The average Bonchev–Trinajstić information content (AvgIpc) is 3.25. The van der Waals surface area contributed by atoms with E-state index in [1.807, 2.05) is 48.5 Å². The lowest BCUT2D eigenvalue weighted by atomic mass is 9.98. The first-order valence-electron chi connectivity index (χ1n) is 20.3. The molecule has 16 heteroatoms. The van der Waals surface area contributed by atoms with Gasteiger partial charge in [-0.3, -0.25) is 14.4 Å². The van der Waals surface area contributed by atoms with E-state index in [0.29, 0.717) is 11.3 Å². The molecule has 1 aliphatic heterocycles. The first-order chi connectivity index (χ1) is 29.1. The van der Waals surface area contributed by atoms with E-state index in [2.05, 4.69) is 10.6 Å². The molecule has 16 nitrogen and oxygen atoms in total. The molecule has 3 aromatic carbocycles. The van der Waals surface area contributed by atoms with Crippen LogP contribution in [0.5, 0.6) is 5.75 Å². The van der Waals surface area contributed by atoms with Crippen molar-refractivity contribution in [2.24, 2.45) is 0 Å². The highest BCUT2D eigenvalue weighted by Gasteiger charge is 2.41. The molecule has 60 heavy (non-hydrogen) atoms. The van der Waals surface area contributed by atoms with Crippen molar-refractivity contribution in [2.75, 3.05) is 33.3 Å². The van der Waals surface area contributed by atoms with Crippen molar-refractivity contribution in [1.29, 1.82) is 0 Å². The molecule has 2 fully saturated rings. The van der Waals surface area contributed by atoms with Gasteiger partial charge in [-0.05, 0) is 67.3 Å². The molecule has 1 heterocycles. The predicted octanol–water partition coefficient (Wildman–Crippen LogP) is 5.65. The Hall–Kier alpha value is -6.32. The SMILES string of the molecule is COc1ccc(CC(NC(=O)OCc2ccccc2)C(=O)N2CCN(CC(=O)OC(C)OC(=O)OC3CCCCC3)C(=O)[C@@H]2CCCNC(=O)OCc2ccccc2)cc1. The number of hydrogen-bond donors (Lipinski definition) is 2. The molecule has 1 aliphatic carbocycles. The summed E-state index contributed by atoms with van der Waals surface area (Å²) in [6.07, 6.45) is 0.939. The van der Waals surface area contributed by atoms with E-state index < -0.39 is 61.0 Å². The van der Waals surface area contributed by atoms with Crippen molar-refractivity contribution in [3.05, 3.63) is 102 Å². The minimum atomic E-state index is -1.28. The molecule has 0 aromatic heterocycles. The van der Waals surface area contributed by atoms with E-state index in [-0.39, 0.29) is 58.2 Å². The number of ether oxygens (including phenoxy) is 6. The summed E-state index contributed by atoms with van der Waals surface area (Å²) in [5.41, 5.74) is 2.28. The van der Waals surface area contributed by atoms with Crippen LogP contribution >= 0.6 is 0 Å². The molecule has 4 amide bonds. The van der Waals surface area contributed by atoms with Gasteiger partial charge in [0.05, 0.1) is 7.11 Å². The lowest BCUT2D eigenvalue weighted by molar-refractivity contribution is -0.173. The number of rotatable bonds is 18. The lowest BCUT2D eigenvalue weighted by Crippen LogP contribution is -2.63. The first-order valence-corrected chi connectivity index (χ1v) is 20.3. The van der Waals surface area contributed by atoms with Gasteiger partial charge in [0.1, 0.15) is 43.7 Å². The van der Waals surface area contributed by atoms with Crippen LogP contribution in [0.25, 0.3) is 0 Å². The molecule has 3 atom stereocenters. The lowest BCUT2D eigenvalue weighted by Gasteiger charge is -2.41. The quantitative estimate of drug-likeness (QED) is 0.0695. The normalized spacial score (nSPS) is 16.4. The molecule has 0 spiro atoms. The largest absolute Gasteiger partial charge is 0.511 e. The van der Waals surface area contributed by atoms with Crippen LogP contribution in [0, 0.1) is 0 Å². The Kier molecular flexibility index (Phi) is 17.4. The van der Waals surface area contributed by atoms with Crippen LogP contribution in [0.2, 0.25) is 0 Å². The van der Waals surface area contributed by atoms with Gasteiger partial charge >= 0.3 is 24.3 Å². The highest BCUT2D eigenvalue weighted by molar-refractivity contribution is 5.93. The minimum absolute atomic E-state index is 0.00862. The van der Waals surface area contributed by atoms with Crippen molar-refractivity contribution >= 4 is 36.1 Å². The number of hydrogen-bond acceptors (Lipinski definition) is 12. The fourth-order valence-corrected chi connectivity index (χ4v) is 6.99. The van der Waals surface area contributed by atoms with Crippen LogP contribution in [0.1, 0.15) is 68.6 Å². The molecule has 5 rings (SSSR count). The van der Waals surface area contributed by atoms with Crippen molar-refractivity contribution in [3.63, 3.8) is 0 Å². The maximum absolute atomic E-state index is 14.5. The molecule has 2 unspecified atom stereocenters. The molecule has 0 bridgehead atoms. The molecule has 3 aromatic rings. The number of esters is 1. The number of nitrogens with zero attached hydrogens (tertiary/aromatic N) is 2. The topological polar surface area (TPSA) is 188 Å². The van der Waals surface area contributed by atoms with E-state index in [4.69, 9.17) is 28.4 Å². The van der Waals surface area contributed by atoms with Crippen LogP contribution in [0.4, 0.5) is 14.4 Å². The third-order valence-electron chi connectivity index (χ3n) is 10.1. The second-order valence-electron chi connectivity index (χ2n) is 14.6. The maximum atomic E-state index is 14.5. The van der Waals surface area contributed by atoms with Crippen LogP contribution < -0.4 is 15.4 Å². The second-order valence-corrected chi connectivity index (χ2v) is 14.6. The monoisotopic (exact) mass is 830 g/mol. The second kappa shape index (κ2) is 23.3. The summed E-state index contributed by atoms with van der Waals surface area (Å²) in [6.45, 7) is 1.03. The zero-order valence-corrected chi connectivity index (χ0v) is 34.1. The van der Waals surface area contributed by atoms with Crippen molar-refractivity contribution < 1.29 is 57.2 Å². The summed E-state index contributed by atoms with van der Waals surface area (Å²) in [5.74, 6) is -1.31. The standard InChI is InChI=1S/C44H54N4O12/c1-31(59-44(54)60-36-17-10-5-11-18-36)58-39(49)28-47-25-26-48(38(41(47)51)19-12-24-45-42(52)56-29-33-13-6-3-7-14-33)40(50)37(27-32-20-22-35(55-2)23-21-32)46-43(53)57-30-34-15-8-4-9-16-34/h3-4,6-9,13-16,20-23,31,36-38H,5,10-12,17-19,24-30H2,1-2H3,(H,45,52)(H,46,53)/t31?,37?,38-/m0/s1. The summed E-state index contributed by atoms with van der Waals surface area (Å²) in [4.78, 5) is 82.3. The Labute approximate surface area is 349 Å². The number of alkyl carbamates (subject to hydrolysis) is 2. The Bertz CT molecular complexity index is 1860. The summed E-state index contributed by atoms with van der Waals surface area (Å²) in [5, 5.41) is 5.38. The summed E-state index contributed by atoms with van der Waals surface area (Å²) in [6, 6.07) is 23.0. The maximum Gasteiger partial charge on any atom is 0.511 e. The van der Waals surface area contributed by atoms with Crippen LogP contribution in [0.15, 0.2) is 84.9 Å². The molecule has 2 aliphatic rings. The van der Waals surface area contributed by atoms with E-state index >= 15 is 0 Å². The number of nitrogens with one attached hydrogen (secondary N) is 2. The molecule has 1 saturated heterocycles. The van der Waals surface area contributed by atoms with E-state index in [0.717, 1.165) is 43.2 Å². The number of methoxy groups -OCH3 is 1. The fourth-order valence-electron chi connectivity index (χ4n) is 6.99. The smallest absolute Gasteiger partial charge is 0.497 e. The molecule has 1 saturated carbocycles. The fraction of sp³-hybridized carbons (Fsp3) is 0.455. The van der Waals surface area contributed by atoms with Gasteiger partial charge in [-0.1, -0.05) is 79.2 Å². The third-order valence-corrected chi connectivity index (χ3v) is 10.1. The highest BCUT2D eigenvalue weighted by atomic mass is 16.8. The molecule has 0 radical (unpaired) electrons. The van der Waals surface area contributed by atoms with Crippen molar-refractivity contribution in [1.82, 2.24) is 20.4 Å². The van der Waals surface area contributed by atoms with Gasteiger partial charge in [-0.25, -0.2) is 14.4 Å². The number of benzene rings is 3. The molecular weight excluding hydrogens is 776 g/mol. The van der Waals surface area contributed by atoms with Gasteiger partial charge in [0, 0.05) is 33.0 Å². The van der Waals surface area contributed by atoms with Crippen molar-refractivity contribution in [2.45, 2.75) is 96.0 Å². The Morgan fingerprint density at radius 1 is 0.767 bits per heavy atom. The van der Waals surface area contributed by atoms with Gasteiger partial charge in [-0.15, -0.1) is 0 Å². The van der Waals surface area contributed by atoms with Crippen LogP contribution in [-0.4, -0.2) is 104 Å². The first kappa shape index (κ1) is 44.8. The summed E-state index contributed by atoms with van der Waals surface area (Å²) < 4.78 is 31.8. The molecule has 322 valence electrons. The Morgan fingerprint density at radius 3 is 2.03 bits per heavy atom. The van der Waals surface area contributed by atoms with Gasteiger partial charge in [0.2, 0.25) is 18.1 Å². The molecular formula is C44H54N4O12. The average molecular weight is 831 g/mol. The number of carbonyl (C=O) groups excluding carboxylic acids is 6. The predicted molar refractivity (Wildman–Crippen MR) is 216 cm³/mol. The van der Waals surface area contributed by atoms with Crippen LogP contribution in [0.3, 0.4) is 0 Å². The van der Waals surface area contributed by atoms with Gasteiger partial charge in [-0.2, -0.15) is 0 Å². The third kappa shape index (κ3) is 14.5. The van der Waals surface area contributed by atoms with E-state index in [9.17, 15) is 28.8 Å². The van der Waals surface area contributed by atoms with Crippen molar-refractivity contribution in [3.8, 4) is 5.75 Å². The number of carbonyl (C=O) groups is 6. The Balaban J connectivity index is 1.25. The number of amides is 4. The van der Waals surface area contributed by atoms with E-state index in [1.165, 1.54) is 23.8 Å². The summed E-state index contributed by atoms with van der Waals surface area (Å²) in [7, 11) is 1.54. The summed E-state index contributed by atoms with van der Waals surface area (Å²) >= 11 is 0. The Morgan fingerprint density at radius 2 is 1.40 bits per heavy atom. The number of piperazine rings is 1. The van der Waals surface area contributed by atoms with Gasteiger partial charge in [0.15, 0.2) is 0 Å². The van der Waals surface area contributed by atoms with Gasteiger partial charge < -0.3 is 48.9 Å². The van der Waals surface area contributed by atoms with Gasteiger partial charge in [0.25, 0.3) is 0 Å². The van der Waals surface area contributed by atoms with Crippen LogP contribution in [-0.2, 0) is 57.7 Å². The molecule has 2 N–H and O–H groups in total.